The zero-order chi connectivity index (χ0) is 21.3. The summed E-state index contributed by atoms with van der Waals surface area (Å²) in [6, 6.07) is 18.1. The lowest BCUT2D eigenvalue weighted by Crippen LogP contribution is -2.70. The standard InChI is InChI=1S/C22H19ClN2O4S/c1-13(26)24-17-20(27)25-18(16(23)12-30-21(17)25)22(28)29-19(14-8-4-2-5-9-14)15-10-6-3-7-11-15/h2-11,17,19,21H,12H2,1H3,(H,24,26)/t17?,21-/m1/s1. The number of nitrogens with one attached hydrogen (secondary N) is 1. The molecule has 2 amide bonds. The highest BCUT2D eigenvalue weighted by Crippen LogP contribution is 2.42. The molecule has 0 saturated carbocycles. The number of hydrogen-bond donors (Lipinski definition) is 1. The average Bonchev–Trinajstić information content (AvgIpc) is 2.76. The van der Waals surface area contributed by atoms with Crippen LogP contribution in [0.15, 0.2) is 71.4 Å². The van der Waals surface area contributed by atoms with E-state index in [1.807, 2.05) is 60.7 Å². The van der Waals surface area contributed by atoms with Gasteiger partial charge < -0.3 is 10.1 Å². The second-order valence-electron chi connectivity index (χ2n) is 6.95. The Kier molecular flexibility index (Phi) is 5.83. The number of carbonyl (C=O) groups excluding carboxylic acids is 3. The molecule has 1 N–H and O–H groups in total. The first-order valence-electron chi connectivity index (χ1n) is 9.38. The van der Waals surface area contributed by atoms with Crippen molar-refractivity contribution in [3.63, 3.8) is 0 Å². The molecule has 2 atom stereocenters. The van der Waals surface area contributed by atoms with Crippen LogP contribution in [0.1, 0.15) is 24.2 Å². The normalized spacial score (nSPS) is 20.5. The molecular formula is C22H19ClN2O4S. The molecule has 154 valence electrons. The van der Waals surface area contributed by atoms with Crippen LogP contribution in [0.4, 0.5) is 0 Å². The van der Waals surface area contributed by atoms with Crippen molar-refractivity contribution in [3.8, 4) is 0 Å². The topological polar surface area (TPSA) is 75.7 Å². The summed E-state index contributed by atoms with van der Waals surface area (Å²) >= 11 is 7.74. The maximum atomic E-state index is 13.2. The molecular weight excluding hydrogens is 424 g/mol. The van der Waals surface area contributed by atoms with E-state index in [-0.39, 0.29) is 27.9 Å². The Balaban J connectivity index is 1.61. The summed E-state index contributed by atoms with van der Waals surface area (Å²) in [6.07, 6.45) is -0.646. The molecule has 2 aliphatic rings. The summed E-state index contributed by atoms with van der Waals surface area (Å²) in [5.74, 6) is -0.981. The van der Waals surface area contributed by atoms with Gasteiger partial charge in [-0.05, 0) is 11.1 Å². The number of carbonyl (C=O) groups is 3. The lowest BCUT2D eigenvalue weighted by Gasteiger charge is -2.49. The minimum atomic E-state index is -0.669. The molecule has 2 aromatic carbocycles. The van der Waals surface area contributed by atoms with Crippen molar-refractivity contribution in [3.05, 3.63) is 82.5 Å². The molecule has 30 heavy (non-hydrogen) atoms. The largest absolute Gasteiger partial charge is 0.448 e. The van der Waals surface area contributed by atoms with Gasteiger partial charge in [-0.1, -0.05) is 72.3 Å². The Hall–Kier alpha value is -2.77. The fourth-order valence-electron chi connectivity index (χ4n) is 3.54. The molecule has 1 fully saturated rings. The predicted octanol–water partition coefficient (Wildman–Crippen LogP) is 3.19. The van der Waals surface area contributed by atoms with Crippen molar-refractivity contribution >= 4 is 41.1 Å². The minimum Gasteiger partial charge on any atom is -0.448 e. The molecule has 0 aliphatic carbocycles. The predicted molar refractivity (Wildman–Crippen MR) is 114 cm³/mol. The summed E-state index contributed by atoms with van der Waals surface area (Å²) < 4.78 is 5.88. The van der Waals surface area contributed by atoms with E-state index in [1.54, 1.807) is 0 Å². The van der Waals surface area contributed by atoms with Crippen molar-refractivity contribution in [1.82, 2.24) is 10.2 Å². The van der Waals surface area contributed by atoms with Gasteiger partial charge in [0.2, 0.25) is 5.91 Å². The van der Waals surface area contributed by atoms with E-state index in [1.165, 1.54) is 23.6 Å². The van der Waals surface area contributed by atoms with Crippen molar-refractivity contribution in [1.29, 1.82) is 0 Å². The summed E-state index contributed by atoms with van der Waals surface area (Å²) in [5.41, 5.74) is 1.66. The van der Waals surface area contributed by atoms with Gasteiger partial charge in [-0.15, -0.1) is 11.8 Å². The van der Waals surface area contributed by atoms with E-state index in [0.717, 1.165) is 11.1 Å². The number of halogens is 1. The van der Waals surface area contributed by atoms with E-state index in [0.29, 0.717) is 5.75 Å². The lowest BCUT2D eigenvalue weighted by molar-refractivity contribution is -0.154. The maximum absolute atomic E-state index is 13.2. The summed E-state index contributed by atoms with van der Waals surface area (Å²) in [5, 5.41) is 2.51. The highest BCUT2D eigenvalue weighted by molar-refractivity contribution is 8.00. The zero-order valence-corrected chi connectivity index (χ0v) is 17.7. The van der Waals surface area contributed by atoms with E-state index in [2.05, 4.69) is 5.32 Å². The average molecular weight is 443 g/mol. The van der Waals surface area contributed by atoms with Crippen molar-refractivity contribution in [2.24, 2.45) is 0 Å². The number of ether oxygens (including phenoxy) is 1. The van der Waals surface area contributed by atoms with Crippen molar-refractivity contribution < 1.29 is 19.1 Å². The van der Waals surface area contributed by atoms with Crippen LogP contribution in [0.3, 0.4) is 0 Å². The Labute approximate surface area is 183 Å². The van der Waals surface area contributed by atoms with Gasteiger partial charge in [0.1, 0.15) is 17.1 Å². The smallest absolute Gasteiger partial charge is 0.357 e. The summed E-state index contributed by atoms with van der Waals surface area (Å²) in [6.45, 7) is 1.35. The van der Waals surface area contributed by atoms with Crippen LogP contribution in [0, 0.1) is 0 Å². The number of β-lactam (4-membered cyclic amide) rings is 1. The minimum absolute atomic E-state index is 0.0453. The molecule has 0 spiro atoms. The fraction of sp³-hybridized carbons (Fsp3) is 0.227. The van der Waals surface area contributed by atoms with Crippen LogP contribution >= 0.6 is 23.4 Å². The molecule has 6 nitrogen and oxygen atoms in total. The summed E-state index contributed by atoms with van der Waals surface area (Å²) in [7, 11) is 0. The molecule has 0 radical (unpaired) electrons. The first-order chi connectivity index (χ1) is 14.5. The molecule has 2 aliphatic heterocycles. The van der Waals surface area contributed by atoms with Crippen LogP contribution in [-0.2, 0) is 19.1 Å². The highest BCUT2D eigenvalue weighted by atomic mass is 35.5. The quantitative estimate of drug-likeness (QED) is 0.568. The third-order valence-electron chi connectivity index (χ3n) is 4.90. The monoisotopic (exact) mass is 442 g/mol. The van der Waals surface area contributed by atoms with E-state index in [4.69, 9.17) is 16.3 Å². The Morgan fingerprint density at radius 1 is 1.10 bits per heavy atom. The number of nitrogens with zero attached hydrogens (tertiary/aromatic N) is 1. The van der Waals surface area contributed by atoms with Gasteiger partial charge >= 0.3 is 5.97 Å². The SMILES string of the molecule is CC(=O)NC1C(=O)N2C(C(=O)OC(c3ccccc3)c3ccccc3)=C(Cl)CS[C@H]12. The fourth-order valence-corrected chi connectivity index (χ4v) is 5.08. The van der Waals surface area contributed by atoms with Gasteiger partial charge in [0.25, 0.3) is 5.91 Å². The van der Waals surface area contributed by atoms with Crippen LogP contribution in [0.2, 0.25) is 0 Å². The molecule has 2 heterocycles. The van der Waals surface area contributed by atoms with E-state index in [9.17, 15) is 14.4 Å². The highest BCUT2D eigenvalue weighted by Gasteiger charge is 2.54. The molecule has 0 aromatic heterocycles. The third kappa shape index (κ3) is 3.82. The van der Waals surface area contributed by atoms with Gasteiger partial charge in [-0.2, -0.15) is 0 Å². The number of hydrogen-bond acceptors (Lipinski definition) is 5. The van der Waals surface area contributed by atoms with Crippen LogP contribution in [0.25, 0.3) is 0 Å². The van der Waals surface area contributed by atoms with Crippen molar-refractivity contribution in [2.45, 2.75) is 24.4 Å². The molecule has 0 bridgehead atoms. The Morgan fingerprint density at radius 3 is 2.20 bits per heavy atom. The summed E-state index contributed by atoms with van der Waals surface area (Å²) in [4.78, 5) is 38.5. The van der Waals surface area contributed by atoms with Crippen LogP contribution in [-0.4, -0.2) is 39.9 Å². The first-order valence-corrected chi connectivity index (χ1v) is 10.8. The van der Waals surface area contributed by atoms with Crippen LogP contribution in [0.5, 0.6) is 0 Å². The van der Waals surface area contributed by atoms with Gasteiger partial charge in [0.15, 0.2) is 6.10 Å². The molecule has 2 aromatic rings. The van der Waals surface area contributed by atoms with Gasteiger partial charge in [0.05, 0.1) is 5.03 Å². The first kappa shape index (κ1) is 20.5. The number of rotatable bonds is 5. The zero-order valence-electron chi connectivity index (χ0n) is 16.1. The molecule has 4 rings (SSSR count). The number of fused-ring (bicyclic) bond motifs is 1. The number of thioether (sulfide) groups is 1. The lowest BCUT2D eigenvalue weighted by atomic mass is 10.0. The van der Waals surface area contributed by atoms with E-state index >= 15 is 0 Å². The third-order valence-corrected chi connectivity index (χ3v) is 6.65. The van der Waals surface area contributed by atoms with Crippen molar-refractivity contribution in [2.75, 3.05) is 5.75 Å². The maximum Gasteiger partial charge on any atom is 0.357 e. The Morgan fingerprint density at radius 2 is 1.67 bits per heavy atom. The molecule has 1 unspecified atom stereocenters. The molecule has 1 saturated heterocycles. The van der Waals surface area contributed by atoms with Gasteiger partial charge in [-0.3, -0.25) is 14.5 Å². The number of amides is 2. The number of benzene rings is 2. The van der Waals surface area contributed by atoms with E-state index < -0.39 is 18.1 Å². The second-order valence-corrected chi connectivity index (χ2v) is 8.51. The number of esters is 1. The van der Waals surface area contributed by atoms with Gasteiger partial charge in [0, 0.05) is 12.7 Å². The molecule has 8 heteroatoms. The van der Waals surface area contributed by atoms with Crippen LogP contribution < -0.4 is 5.32 Å². The second kappa shape index (κ2) is 8.53. The Bertz CT molecular complexity index is 973. The van der Waals surface area contributed by atoms with Gasteiger partial charge in [-0.25, -0.2) is 4.79 Å².